The van der Waals surface area contributed by atoms with Crippen LogP contribution >= 0.6 is 22.9 Å². The highest BCUT2D eigenvalue weighted by Crippen LogP contribution is 2.42. The molecule has 0 saturated heterocycles. The molecule has 0 radical (unpaired) electrons. The van der Waals surface area contributed by atoms with Crippen molar-refractivity contribution >= 4 is 41.8 Å². The highest BCUT2D eigenvalue weighted by Gasteiger charge is 2.24. The van der Waals surface area contributed by atoms with Gasteiger partial charge in [0, 0.05) is 28.6 Å². The fraction of sp³-hybridized carbons (Fsp3) is 0.263. The van der Waals surface area contributed by atoms with Gasteiger partial charge in [-0.05, 0) is 32.2 Å². The number of aromatic nitrogens is 1. The third kappa shape index (κ3) is 3.65. The van der Waals surface area contributed by atoms with Crippen LogP contribution in [0.25, 0.3) is 11.3 Å². The van der Waals surface area contributed by atoms with Crippen molar-refractivity contribution in [3.8, 4) is 17.0 Å². The van der Waals surface area contributed by atoms with Gasteiger partial charge >= 0.3 is 0 Å². The number of rotatable bonds is 6. The second kappa shape index (κ2) is 8.53. The molecule has 1 aliphatic heterocycles. The molecule has 2 aromatic rings. The maximum Gasteiger partial charge on any atom is 0.156 e. The number of aliphatic imine (C=N–C) groups is 3. The second-order valence-corrected chi connectivity index (χ2v) is 7.18. The summed E-state index contributed by atoms with van der Waals surface area (Å²) in [7, 11) is 3.33. The minimum atomic E-state index is -0.188. The Hall–Kier alpha value is -2.71. The van der Waals surface area contributed by atoms with Crippen molar-refractivity contribution in [2.24, 2.45) is 15.0 Å². The summed E-state index contributed by atoms with van der Waals surface area (Å²) in [5.74, 6) is 1.86. The van der Waals surface area contributed by atoms with Crippen LogP contribution in [0.3, 0.4) is 0 Å². The summed E-state index contributed by atoms with van der Waals surface area (Å²) in [6, 6.07) is 1.71. The molecule has 0 spiro atoms. The first kappa shape index (κ1) is 20.0. The van der Waals surface area contributed by atoms with Crippen molar-refractivity contribution in [3.05, 3.63) is 44.6 Å². The zero-order valence-electron chi connectivity index (χ0n) is 16.1. The van der Waals surface area contributed by atoms with Crippen molar-refractivity contribution in [1.82, 2.24) is 15.6 Å². The van der Waals surface area contributed by atoms with E-state index >= 15 is 0 Å². The van der Waals surface area contributed by atoms with Gasteiger partial charge in [-0.1, -0.05) is 11.6 Å². The van der Waals surface area contributed by atoms with E-state index in [1.54, 1.807) is 26.0 Å². The topological polar surface area (TPSA) is 83.3 Å². The standard InChI is InChI=1S/C19H21ClN6OS/c1-10-13(20)6-12(17(27-5)15(10)14-7-28-9-25-14)11(2)26-19(22-4)16-18(21-3)24-8-23-16/h6-9,11,26H,4H2,1-3,5H3,(H,21,23,24)/b19-16-. The molecule has 0 bridgehead atoms. The Morgan fingerprint density at radius 2 is 2.25 bits per heavy atom. The van der Waals surface area contributed by atoms with Crippen molar-refractivity contribution < 1.29 is 4.74 Å². The molecule has 2 heterocycles. The Bertz CT molecular complexity index is 981. The molecule has 1 aromatic heterocycles. The van der Waals surface area contributed by atoms with Crippen LogP contribution in [0.5, 0.6) is 5.75 Å². The highest BCUT2D eigenvalue weighted by atomic mass is 35.5. The number of ether oxygens (including phenoxy) is 1. The zero-order chi connectivity index (χ0) is 20.3. The summed E-state index contributed by atoms with van der Waals surface area (Å²) in [6.07, 6.45) is 1.57. The zero-order valence-corrected chi connectivity index (χ0v) is 17.6. The quantitative estimate of drug-likeness (QED) is 0.698. The van der Waals surface area contributed by atoms with Crippen LogP contribution < -0.4 is 15.4 Å². The van der Waals surface area contributed by atoms with E-state index in [1.807, 2.05) is 25.3 Å². The molecule has 0 aliphatic carbocycles. The van der Waals surface area contributed by atoms with Gasteiger partial charge in [0.05, 0.1) is 30.7 Å². The van der Waals surface area contributed by atoms with Gasteiger partial charge in [0.15, 0.2) is 11.7 Å². The number of benzene rings is 1. The lowest BCUT2D eigenvalue weighted by Crippen LogP contribution is -2.23. The van der Waals surface area contributed by atoms with Gasteiger partial charge in [0.25, 0.3) is 0 Å². The Balaban J connectivity index is 2.07. The van der Waals surface area contributed by atoms with Gasteiger partial charge in [0.2, 0.25) is 0 Å². The largest absolute Gasteiger partial charge is 0.496 e. The van der Waals surface area contributed by atoms with Crippen LogP contribution in [0.4, 0.5) is 0 Å². The Morgan fingerprint density at radius 3 is 2.86 bits per heavy atom. The number of nitrogens with one attached hydrogen (secondary N) is 2. The van der Waals surface area contributed by atoms with Crippen molar-refractivity contribution in [2.45, 2.75) is 19.9 Å². The smallest absolute Gasteiger partial charge is 0.156 e. The molecule has 2 N–H and O–H groups in total. The summed E-state index contributed by atoms with van der Waals surface area (Å²) < 4.78 is 5.78. The maximum absolute atomic E-state index is 6.54. The molecule has 28 heavy (non-hydrogen) atoms. The Labute approximate surface area is 173 Å². The number of thiazole rings is 1. The minimum absolute atomic E-state index is 0.188. The highest BCUT2D eigenvalue weighted by molar-refractivity contribution is 7.07. The monoisotopic (exact) mass is 416 g/mol. The van der Waals surface area contributed by atoms with Crippen molar-refractivity contribution in [1.29, 1.82) is 0 Å². The molecule has 3 rings (SSSR count). The Morgan fingerprint density at radius 1 is 1.46 bits per heavy atom. The first-order valence-corrected chi connectivity index (χ1v) is 9.83. The van der Waals surface area contributed by atoms with Crippen LogP contribution in [0.2, 0.25) is 5.02 Å². The molecule has 7 nitrogen and oxygen atoms in total. The number of nitrogens with zero attached hydrogens (tertiary/aromatic N) is 4. The van der Waals surface area contributed by atoms with Crippen LogP contribution in [0.15, 0.2) is 43.5 Å². The third-order valence-corrected chi connectivity index (χ3v) is 5.42. The first-order chi connectivity index (χ1) is 13.5. The summed E-state index contributed by atoms with van der Waals surface area (Å²) in [5.41, 5.74) is 5.91. The molecule has 146 valence electrons. The lowest BCUT2D eigenvalue weighted by atomic mass is 9.97. The minimum Gasteiger partial charge on any atom is -0.496 e. The molecule has 9 heteroatoms. The first-order valence-electron chi connectivity index (χ1n) is 8.51. The predicted octanol–water partition coefficient (Wildman–Crippen LogP) is 3.96. The van der Waals surface area contributed by atoms with Crippen molar-refractivity contribution in [3.63, 3.8) is 0 Å². The van der Waals surface area contributed by atoms with E-state index in [9.17, 15) is 0 Å². The molecule has 1 atom stereocenters. The second-order valence-electron chi connectivity index (χ2n) is 6.05. The van der Waals surface area contributed by atoms with E-state index in [1.165, 1.54) is 11.3 Å². The molecular formula is C19H21ClN6OS. The summed E-state index contributed by atoms with van der Waals surface area (Å²) in [5, 5.41) is 8.93. The fourth-order valence-electron chi connectivity index (χ4n) is 3.03. The number of amidine groups is 1. The number of halogens is 1. The fourth-order valence-corrected chi connectivity index (χ4v) is 3.79. The van der Waals surface area contributed by atoms with E-state index in [2.05, 4.69) is 37.3 Å². The normalized spacial score (nSPS) is 17.4. The van der Waals surface area contributed by atoms with Crippen LogP contribution in [-0.2, 0) is 0 Å². The SMILES string of the molecule is C=N/C(NC(C)c1cc(Cl)c(C)c(-c2cscn2)c1OC)=C1/N=CN/C1=N/C. The molecule has 1 aromatic carbocycles. The van der Waals surface area contributed by atoms with Crippen molar-refractivity contribution in [2.75, 3.05) is 14.2 Å². The third-order valence-electron chi connectivity index (χ3n) is 4.44. The average Bonchev–Trinajstić information content (AvgIpc) is 3.39. The lowest BCUT2D eigenvalue weighted by molar-refractivity contribution is 0.405. The molecule has 1 aliphatic rings. The summed E-state index contributed by atoms with van der Waals surface area (Å²) >= 11 is 8.07. The van der Waals surface area contributed by atoms with Gasteiger partial charge in [-0.15, -0.1) is 11.3 Å². The van der Waals surface area contributed by atoms with E-state index in [4.69, 9.17) is 16.3 Å². The van der Waals surface area contributed by atoms with Gasteiger partial charge in [-0.3, -0.25) is 4.99 Å². The van der Waals surface area contributed by atoms with E-state index in [0.29, 0.717) is 22.4 Å². The van der Waals surface area contributed by atoms with E-state index < -0.39 is 0 Å². The van der Waals surface area contributed by atoms with Gasteiger partial charge in [0.1, 0.15) is 11.4 Å². The van der Waals surface area contributed by atoms with Gasteiger partial charge in [-0.25, -0.2) is 15.0 Å². The molecule has 0 saturated carbocycles. The summed E-state index contributed by atoms with van der Waals surface area (Å²) in [6.45, 7) is 7.62. The van der Waals surface area contributed by atoms with Crippen LogP contribution in [0.1, 0.15) is 24.1 Å². The molecule has 0 amide bonds. The predicted molar refractivity (Wildman–Crippen MR) is 117 cm³/mol. The average molecular weight is 417 g/mol. The molecule has 0 fully saturated rings. The van der Waals surface area contributed by atoms with Crippen LogP contribution in [-0.4, -0.2) is 38.0 Å². The molecular weight excluding hydrogens is 396 g/mol. The lowest BCUT2D eigenvalue weighted by Gasteiger charge is -2.22. The van der Waals surface area contributed by atoms with Gasteiger partial charge < -0.3 is 15.4 Å². The summed E-state index contributed by atoms with van der Waals surface area (Å²) in [4.78, 5) is 17.0. The van der Waals surface area contributed by atoms with Crippen LogP contribution in [0, 0.1) is 6.92 Å². The number of hydrogen-bond donors (Lipinski definition) is 2. The Kier molecular flexibility index (Phi) is 6.11. The number of hydrogen-bond acceptors (Lipinski definition) is 7. The van der Waals surface area contributed by atoms with E-state index in [-0.39, 0.29) is 6.04 Å². The number of methoxy groups -OCH3 is 1. The maximum atomic E-state index is 6.54. The molecule has 1 unspecified atom stereocenters. The van der Waals surface area contributed by atoms with Gasteiger partial charge in [-0.2, -0.15) is 0 Å². The van der Waals surface area contributed by atoms with E-state index in [0.717, 1.165) is 28.1 Å².